The Labute approximate surface area is 122 Å². The maximum absolute atomic E-state index is 12.1. The normalized spacial score (nSPS) is 12.7. The van der Waals surface area contributed by atoms with Crippen molar-refractivity contribution in [3.05, 3.63) is 64.1 Å². The molecule has 0 fully saturated rings. The molecule has 0 aliphatic heterocycles. The number of pyridine rings is 1. The molecular weight excluding hydrogens is 266 g/mol. The maximum atomic E-state index is 12.1. The number of rotatable bonds is 4. The first-order valence-corrected chi connectivity index (χ1v) is 6.90. The first-order valence-electron chi connectivity index (χ1n) is 6.90. The van der Waals surface area contributed by atoms with Crippen molar-refractivity contribution in [2.45, 2.75) is 26.4 Å². The Kier molecular flexibility index (Phi) is 3.58. The van der Waals surface area contributed by atoms with Crippen LogP contribution in [-0.4, -0.2) is 9.97 Å². The molecule has 0 radical (unpaired) electrons. The highest BCUT2D eigenvalue weighted by molar-refractivity contribution is 5.78. The topological polar surface area (TPSA) is 70.9 Å². The molecule has 1 unspecified atom stereocenters. The third-order valence-corrected chi connectivity index (χ3v) is 3.44. The van der Waals surface area contributed by atoms with E-state index in [-0.39, 0.29) is 11.6 Å². The van der Waals surface area contributed by atoms with Crippen LogP contribution < -0.4 is 10.9 Å². The van der Waals surface area contributed by atoms with Crippen LogP contribution in [0.5, 0.6) is 0 Å². The van der Waals surface area contributed by atoms with Gasteiger partial charge < -0.3 is 14.7 Å². The Balaban J connectivity index is 1.78. The second-order valence-electron chi connectivity index (χ2n) is 5.12. The van der Waals surface area contributed by atoms with Crippen LogP contribution in [0.1, 0.15) is 30.2 Å². The van der Waals surface area contributed by atoms with Gasteiger partial charge in [-0.15, -0.1) is 0 Å². The quantitative estimate of drug-likeness (QED) is 0.772. The molecule has 0 aliphatic carbocycles. The van der Waals surface area contributed by atoms with Crippen LogP contribution in [0.15, 0.2) is 45.7 Å². The molecular formula is C16H17N3O2. The number of H-pyrrole nitrogens is 1. The summed E-state index contributed by atoms with van der Waals surface area (Å²) in [6.07, 6.45) is 1.69. The minimum Gasteiger partial charge on any atom is -0.444 e. The molecule has 2 heterocycles. The summed E-state index contributed by atoms with van der Waals surface area (Å²) in [5.41, 5.74) is 1.48. The maximum Gasteiger partial charge on any atom is 0.252 e. The zero-order chi connectivity index (χ0) is 14.8. The van der Waals surface area contributed by atoms with Gasteiger partial charge in [0.25, 0.3) is 5.56 Å². The van der Waals surface area contributed by atoms with E-state index < -0.39 is 0 Å². The Hall–Kier alpha value is -2.40. The lowest BCUT2D eigenvalue weighted by atomic mass is 10.1. The van der Waals surface area contributed by atoms with Crippen molar-refractivity contribution in [1.29, 1.82) is 0 Å². The number of benzene rings is 1. The van der Waals surface area contributed by atoms with Gasteiger partial charge in [0.2, 0.25) is 5.89 Å². The van der Waals surface area contributed by atoms with E-state index in [0.717, 1.165) is 16.7 Å². The average molecular weight is 283 g/mol. The molecule has 0 bridgehead atoms. The van der Waals surface area contributed by atoms with Crippen molar-refractivity contribution in [1.82, 2.24) is 15.3 Å². The molecule has 5 nitrogen and oxygen atoms in total. The van der Waals surface area contributed by atoms with E-state index in [2.05, 4.69) is 15.3 Å². The minimum atomic E-state index is -0.0722. The van der Waals surface area contributed by atoms with Gasteiger partial charge >= 0.3 is 0 Å². The fraction of sp³-hybridized carbons (Fsp3) is 0.250. The van der Waals surface area contributed by atoms with Gasteiger partial charge in [0, 0.05) is 17.6 Å². The number of aromatic amines is 1. The SMILES string of the molecule is Cc1cnc(C(C)NCc2cc3ccccc3[nH]c2=O)o1. The van der Waals surface area contributed by atoms with Gasteiger partial charge in [-0.1, -0.05) is 18.2 Å². The van der Waals surface area contributed by atoms with Crippen molar-refractivity contribution in [2.75, 3.05) is 0 Å². The zero-order valence-electron chi connectivity index (χ0n) is 12.0. The first-order chi connectivity index (χ1) is 10.1. The summed E-state index contributed by atoms with van der Waals surface area (Å²) in [6, 6.07) is 9.60. The predicted molar refractivity (Wildman–Crippen MR) is 81.1 cm³/mol. The highest BCUT2D eigenvalue weighted by Crippen LogP contribution is 2.14. The van der Waals surface area contributed by atoms with E-state index in [9.17, 15) is 4.79 Å². The number of fused-ring (bicyclic) bond motifs is 1. The summed E-state index contributed by atoms with van der Waals surface area (Å²) in [6.45, 7) is 4.28. The van der Waals surface area contributed by atoms with Gasteiger partial charge in [0.05, 0.1) is 12.2 Å². The van der Waals surface area contributed by atoms with Gasteiger partial charge in [-0.25, -0.2) is 4.98 Å². The highest BCUT2D eigenvalue weighted by atomic mass is 16.4. The number of hydrogen-bond donors (Lipinski definition) is 2. The Morgan fingerprint density at radius 1 is 1.38 bits per heavy atom. The lowest BCUT2D eigenvalue weighted by Crippen LogP contribution is -2.23. The smallest absolute Gasteiger partial charge is 0.252 e. The molecule has 0 spiro atoms. The Bertz CT molecular complexity index is 820. The largest absolute Gasteiger partial charge is 0.444 e. The number of aryl methyl sites for hydroxylation is 1. The van der Waals surface area contributed by atoms with Crippen molar-refractivity contribution < 1.29 is 4.42 Å². The van der Waals surface area contributed by atoms with Crippen molar-refractivity contribution in [3.8, 4) is 0 Å². The highest BCUT2D eigenvalue weighted by Gasteiger charge is 2.11. The Morgan fingerprint density at radius 2 is 2.19 bits per heavy atom. The second kappa shape index (κ2) is 5.54. The monoisotopic (exact) mass is 283 g/mol. The fourth-order valence-electron chi connectivity index (χ4n) is 2.25. The standard InChI is InChI=1S/C16H17N3O2/c1-10-8-18-16(21-10)11(2)17-9-13-7-12-5-3-4-6-14(12)19-15(13)20/h3-8,11,17H,9H2,1-2H3,(H,19,20). The van der Waals surface area contributed by atoms with Crippen molar-refractivity contribution in [2.24, 2.45) is 0 Å². The summed E-state index contributed by atoms with van der Waals surface area (Å²) in [5.74, 6) is 1.41. The van der Waals surface area contributed by atoms with Crippen molar-refractivity contribution >= 4 is 10.9 Å². The Morgan fingerprint density at radius 3 is 2.95 bits per heavy atom. The number of oxazole rings is 1. The lowest BCUT2D eigenvalue weighted by molar-refractivity contribution is 0.402. The molecule has 2 N–H and O–H groups in total. The molecule has 0 amide bonds. The van der Waals surface area contributed by atoms with Gasteiger partial charge in [-0.2, -0.15) is 0 Å². The molecule has 21 heavy (non-hydrogen) atoms. The molecule has 1 atom stereocenters. The molecule has 1 aromatic carbocycles. The third kappa shape index (κ3) is 2.87. The van der Waals surface area contributed by atoms with Crippen LogP contribution in [0.2, 0.25) is 0 Å². The molecule has 3 rings (SSSR count). The molecule has 2 aromatic heterocycles. The van der Waals surface area contributed by atoms with Gasteiger partial charge in [-0.05, 0) is 31.4 Å². The second-order valence-corrected chi connectivity index (χ2v) is 5.12. The van der Waals surface area contributed by atoms with E-state index in [4.69, 9.17) is 4.42 Å². The van der Waals surface area contributed by atoms with Gasteiger partial charge in [0.15, 0.2) is 0 Å². The summed E-state index contributed by atoms with van der Waals surface area (Å²) in [4.78, 5) is 19.1. The number of para-hydroxylation sites is 1. The molecule has 3 aromatic rings. The number of nitrogens with zero attached hydrogens (tertiary/aromatic N) is 1. The predicted octanol–water partition coefficient (Wildman–Crippen LogP) is 2.68. The molecule has 0 aliphatic rings. The third-order valence-electron chi connectivity index (χ3n) is 3.44. The van der Waals surface area contributed by atoms with Crippen LogP contribution in [0.3, 0.4) is 0 Å². The summed E-state index contributed by atoms with van der Waals surface area (Å²) >= 11 is 0. The van der Waals surface area contributed by atoms with E-state index >= 15 is 0 Å². The molecule has 0 saturated carbocycles. The number of hydrogen-bond acceptors (Lipinski definition) is 4. The van der Waals surface area contributed by atoms with E-state index in [1.165, 1.54) is 0 Å². The number of aromatic nitrogens is 2. The number of nitrogens with one attached hydrogen (secondary N) is 2. The van der Waals surface area contributed by atoms with Crippen LogP contribution in [0.25, 0.3) is 10.9 Å². The van der Waals surface area contributed by atoms with E-state index in [0.29, 0.717) is 18.0 Å². The molecule has 108 valence electrons. The summed E-state index contributed by atoms with van der Waals surface area (Å²) in [7, 11) is 0. The first kappa shape index (κ1) is 13.6. The molecule has 0 saturated heterocycles. The fourth-order valence-corrected chi connectivity index (χ4v) is 2.25. The van der Waals surface area contributed by atoms with Crippen LogP contribution in [-0.2, 0) is 6.54 Å². The van der Waals surface area contributed by atoms with Gasteiger partial charge in [0.1, 0.15) is 5.76 Å². The van der Waals surface area contributed by atoms with Gasteiger partial charge in [-0.3, -0.25) is 4.79 Å². The van der Waals surface area contributed by atoms with Crippen LogP contribution in [0, 0.1) is 6.92 Å². The zero-order valence-corrected chi connectivity index (χ0v) is 12.0. The van der Waals surface area contributed by atoms with Crippen LogP contribution >= 0.6 is 0 Å². The lowest BCUT2D eigenvalue weighted by Gasteiger charge is -2.10. The summed E-state index contributed by atoms with van der Waals surface area (Å²) in [5, 5.41) is 4.28. The van der Waals surface area contributed by atoms with E-state index in [1.54, 1.807) is 6.20 Å². The summed E-state index contributed by atoms with van der Waals surface area (Å²) < 4.78 is 5.47. The van der Waals surface area contributed by atoms with Crippen LogP contribution in [0.4, 0.5) is 0 Å². The minimum absolute atomic E-state index is 0.0513. The van der Waals surface area contributed by atoms with E-state index in [1.807, 2.05) is 44.2 Å². The van der Waals surface area contributed by atoms with Crippen molar-refractivity contribution in [3.63, 3.8) is 0 Å². The average Bonchev–Trinajstić information content (AvgIpc) is 2.91. The molecule has 5 heteroatoms.